The van der Waals surface area contributed by atoms with Crippen LogP contribution in [0.5, 0.6) is 0 Å². The second-order valence-corrected chi connectivity index (χ2v) is 6.19. The molecule has 0 unspecified atom stereocenters. The fraction of sp³-hybridized carbons (Fsp3) is 0.250. The van der Waals surface area contributed by atoms with E-state index in [0.717, 1.165) is 13.1 Å². The maximum atomic E-state index is 8.92. The Labute approximate surface area is 138 Å². The summed E-state index contributed by atoms with van der Waals surface area (Å²) in [5, 5.41) is 8.92. The molecule has 3 heteroatoms. The first-order valence-electron chi connectivity index (χ1n) is 7.81. The van der Waals surface area contributed by atoms with Crippen LogP contribution in [0.4, 0.5) is 11.4 Å². The smallest absolute Gasteiger partial charge is 0.0927 e. The lowest BCUT2D eigenvalue weighted by atomic mass is 10.0. The summed E-state index contributed by atoms with van der Waals surface area (Å²) >= 11 is 0. The summed E-state index contributed by atoms with van der Waals surface area (Å²) in [7, 11) is 2.14. The van der Waals surface area contributed by atoms with Crippen LogP contribution in [0.1, 0.15) is 22.3 Å². The van der Waals surface area contributed by atoms with Crippen LogP contribution in [0.25, 0.3) is 0 Å². The van der Waals surface area contributed by atoms with E-state index >= 15 is 0 Å². The van der Waals surface area contributed by atoms with Gasteiger partial charge in [0.2, 0.25) is 0 Å². The van der Waals surface area contributed by atoms with Gasteiger partial charge in [0.15, 0.2) is 0 Å². The minimum atomic E-state index is 0.760. The first-order chi connectivity index (χ1) is 11.1. The maximum absolute atomic E-state index is 8.92. The van der Waals surface area contributed by atoms with Crippen molar-refractivity contribution < 1.29 is 0 Å². The SMILES string of the molecule is Cc1ccc2c(c1)CN(/C=C/C#N)c1ccc(C)cc1CN2C. The average molecular weight is 303 g/mol. The largest absolute Gasteiger partial charge is 0.370 e. The highest BCUT2D eigenvalue weighted by molar-refractivity contribution is 5.64. The zero-order chi connectivity index (χ0) is 16.4. The zero-order valence-corrected chi connectivity index (χ0v) is 13.9. The lowest BCUT2D eigenvalue weighted by molar-refractivity contribution is 0.852. The van der Waals surface area contributed by atoms with Crippen molar-refractivity contribution in [2.75, 3.05) is 16.8 Å². The second-order valence-electron chi connectivity index (χ2n) is 6.19. The van der Waals surface area contributed by atoms with Gasteiger partial charge in [0.25, 0.3) is 0 Å². The molecule has 3 rings (SSSR count). The number of hydrogen-bond donors (Lipinski definition) is 0. The summed E-state index contributed by atoms with van der Waals surface area (Å²) in [6.07, 6.45) is 3.43. The molecule has 0 spiro atoms. The molecule has 3 nitrogen and oxygen atoms in total. The average Bonchev–Trinajstić information content (AvgIpc) is 2.50. The second kappa shape index (κ2) is 6.18. The predicted molar refractivity (Wildman–Crippen MR) is 95.4 cm³/mol. The minimum Gasteiger partial charge on any atom is -0.370 e. The summed E-state index contributed by atoms with van der Waals surface area (Å²) in [5.74, 6) is 0. The minimum absolute atomic E-state index is 0.760. The van der Waals surface area contributed by atoms with Crippen LogP contribution in [-0.4, -0.2) is 7.05 Å². The number of benzene rings is 2. The Bertz CT molecular complexity index is 799. The Hall–Kier alpha value is -2.73. The molecule has 1 aliphatic heterocycles. The third-order valence-electron chi connectivity index (χ3n) is 4.27. The number of rotatable bonds is 1. The van der Waals surface area contributed by atoms with Crippen LogP contribution < -0.4 is 9.80 Å². The number of nitrogens with zero attached hydrogens (tertiary/aromatic N) is 3. The quantitative estimate of drug-likeness (QED) is 0.736. The molecule has 0 saturated heterocycles. The van der Waals surface area contributed by atoms with Crippen molar-refractivity contribution in [2.45, 2.75) is 26.9 Å². The first-order valence-corrected chi connectivity index (χ1v) is 7.81. The van der Waals surface area contributed by atoms with E-state index in [0.29, 0.717) is 0 Å². The summed E-state index contributed by atoms with van der Waals surface area (Å²) in [4.78, 5) is 4.47. The zero-order valence-electron chi connectivity index (χ0n) is 13.9. The van der Waals surface area contributed by atoms with Crippen molar-refractivity contribution in [1.29, 1.82) is 5.26 Å². The molecular formula is C20H21N3. The van der Waals surface area contributed by atoms with Crippen molar-refractivity contribution in [2.24, 2.45) is 0 Å². The molecule has 0 radical (unpaired) electrons. The monoisotopic (exact) mass is 303 g/mol. The molecular weight excluding hydrogens is 282 g/mol. The molecule has 0 atom stereocenters. The third kappa shape index (κ3) is 3.07. The number of nitriles is 1. The number of fused-ring (bicyclic) bond motifs is 2. The van der Waals surface area contributed by atoms with Crippen LogP contribution in [0.3, 0.4) is 0 Å². The highest BCUT2D eigenvalue weighted by atomic mass is 15.2. The fourth-order valence-corrected chi connectivity index (χ4v) is 3.20. The van der Waals surface area contributed by atoms with E-state index in [2.05, 4.69) is 73.2 Å². The van der Waals surface area contributed by atoms with Crippen molar-refractivity contribution in [3.63, 3.8) is 0 Å². The van der Waals surface area contributed by atoms with Gasteiger partial charge in [0.05, 0.1) is 6.07 Å². The predicted octanol–water partition coefficient (Wildman–Crippen LogP) is 4.30. The molecule has 0 saturated carbocycles. The Morgan fingerprint density at radius 1 is 0.957 bits per heavy atom. The lowest BCUT2D eigenvalue weighted by Gasteiger charge is -2.32. The van der Waals surface area contributed by atoms with E-state index in [1.807, 2.05) is 6.20 Å². The molecule has 1 aliphatic rings. The maximum Gasteiger partial charge on any atom is 0.0927 e. The van der Waals surface area contributed by atoms with Gasteiger partial charge in [0, 0.05) is 43.8 Å². The highest BCUT2D eigenvalue weighted by Crippen LogP contribution is 2.33. The molecule has 2 aromatic rings. The van der Waals surface area contributed by atoms with Gasteiger partial charge in [-0.05, 0) is 37.1 Å². The Morgan fingerprint density at radius 2 is 1.57 bits per heavy atom. The highest BCUT2D eigenvalue weighted by Gasteiger charge is 2.19. The number of anilines is 2. The van der Waals surface area contributed by atoms with Gasteiger partial charge < -0.3 is 9.80 Å². The third-order valence-corrected chi connectivity index (χ3v) is 4.27. The van der Waals surface area contributed by atoms with Gasteiger partial charge in [-0.1, -0.05) is 35.4 Å². The summed E-state index contributed by atoms with van der Waals surface area (Å²) in [5.41, 5.74) is 7.49. The van der Waals surface area contributed by atoms with Gasteiger partial charge in [0.1, 0.15) is 0 Å². The molecule has 2 aromatic carbocycles. The number of aryl methyl sites for hydroxylation is 2. The molecule has 0 aromatic heterocycles. The van der Waals surface area contributed by atoms with Gasteiger partial charge in [-0.2, -0.15) is 5.26 Å². The molecule has 116 valence electrons. The van der Waals surface area contributed by atoms with Crippen molar-refractivity contribution in [3.05, 3.63) is 70.9 Å². The molecule has 0 N–H and O–H groups in total. The van der Waals surface area contributed by atoms with Crippen LogP contribution in [0.2, 0.25) is 0 Å². The summed E-state index contributed by atoms with van der Waals surface area (Å²) < 4.78 is 0. The fourth-order valence-electron chi connectivity index (χ4n) is 3.20. The molecule has 0 bridgehead atoms. The van der Waals surface area contributed by atoms with E-state index in [1.54, 1.807) is 6.08 Å². The topological polar surface area (TPSA) is 30.3 Å². The van der Waals surface area contributed by atoms with Gasteiger partial charge in [-0.15, -0.1) is 0 Å². The molecule has 1 heterocycles. The standard InChI is InChI=1S/C20H21N3/c1-15-5-7-19-18(12-15)14-23(10-4-9-21)20-8-6-16(2)11-17(20)13-22(19)3/h4-8,10-12H,13-14H2,1-3H3/b10-4+. The van der Waals surface area contributed by atoms with Crippen LogP contribution in [0.15, 0.2) is 48.7 Å². The van der Waals surface area contributed by atoms with E-state index in [4.69, 9.17) is 5.26 Å². The first kappa shape index (κ1) is 15.2. The lowest BCUT2D eigenvalue weighted by Crippen LogP contribution is -2.26. The molecule has 0 amide bonds. The van der Waals surface area contributed by atoms with Crippen molar-refractivity contribution in [3.8, 4) is 6.07 Å². The van der Waals surface area contributed by atoms with E-state index in [-0.39, 0.29) is 0 Å². The van der Waals surface area contributed by atoms with E-state index in [9.17, 15) is 0 Å². The van der Waals surface area contributed by atoms with Crippen molar-refractivity contribution >= 4 is 11.4 Å². The Morgan fingerprint density at radius 3 is 2.22 bits per heavy atom. The van der Waals surface area contributed by atoms with Gasteiger partial charge >= 0.3 is 0 Å². The summed E-state index contributed by atoms with van der Waals surface area (Å²) in [6, 6.07) is 15.2. The van der Waals surface area contributed by atoms with E-state index in [1.165, 1.54) is 33.6 Å². The molecule has 0 fully saturated rings. The number of allylic oxidation sites excluding steroid dienone is 1. The van der Waals surface area contributed by atoms with Crippen LogP contribution in [-0.2, 0) is 13.1 Å². The normalized spacial score (nSPS) is 14.0. The molecule has 23 heavy (non-hydrogen) atoms. The summed E-state index contributed by atoms with van der Waals surface area (Å²) in [6.45, 7) is 5.84. The van der Waals surface area contributed by atoms with Crippen LogP contribution >= 0.6 is 0 Å². The Kier molecular flexibility index (Phi) is 4.08. The van der Waals surface area contributed by atoms with Crippen LogP contribution in [0, 0.1) is 25.2 Å². The van der Waals surface area contributed by atoms with Crippen molar-refractivity contribution in [1.82, 2.24) is 0 Å². The number of hydrogen-bond acceptors (Lipinski definition) is 3. The molecule has 0 aliphatic carbocycles. The van der Waals surface area contributed by atoms with Gasteiger partial charge in [-0.3, -0.25) is 0 Å². The van der Waals surface area contributed by atoms with E-state index < -0.39 is 0 Å². The Balaban J connectivity index is 2.14. The van der Waals surface area contributed by atoms with Gasteiger partial charge in [-0.25, -0.2) is 0 Å².